The molecule has 0 aliphatic heterocycles. The van der Waals surface area contributed by atoms with Gasteiger partial charge in [-0.1, -0.05) is 11.6 Å². The third-order valence-corrected chi connectivity index (χ3v) is 3.28. The van der Waals surface area contributed by atoms with Crippen molar-refractivity contribution in [2.45, 2.75) is 6.92 Å². The summed E-state index contributed by atoms with van der Waals surface area (Å²) in [6.07, 6.45) is 1.12. The molecule has 1 rings (SSSR count). The number of nitrogens with two attached hydrogens (primary N) is 1. The number of rotatable bonds is 5. The molecule has 0 aliphatic carbocycles. The molecule has 1 amide bonds. The summed E-state index contributed by atoms with van der Waals surface area (Å²) in [5, 5.41) is 2.54. The lowest BCUT2D eigenvalue weighted by molar-refractivity contribution is 0.0957. The molecule has 0 aliphatic rings. The van der Waals surface area contributed by atoms with Gasteiger partial charge in [0.1, 0.15) is 9.84 Å². The highest BCUT2D eigenvalue weighted by atomic mass is 32.2. The van der Waals surface area contributed by atoms with E-state index in [0.717, 1.165) is 11.8 Å². The number of benzene rings is 1. The quantitative estimate of drug-likeness (QED) is 0.519. The Morgan fingerprint density at radius 1 is 1.39 bits per heavy atom. The molecule has 1 aromatic rings. The number of sulfone groups is 1. The van der Waals surface area contributed by atoms with Gasteiger partial charge in [-0.05, 0) is 19.1 Å². The molecule has 0 saturated carbocycles. The number of carbonyl (C=O) groups is 1. The molecule has 0 aromatic heterocycles. The summed E-state index contributed by atoms with van der Waals surface area (Å²) < 4.78 is 21.9. The van der Waals surface area contributed by atoms with Gasteiger partial charge in [-0.2, -0.15) is 0 Å². The lowest BCUT2D eigenvalue weighted by atomic mass is 10.1. The molecule has 0 unspecified atom stereocenters. The highest BCUT2D eigenvalue weighted by molar-refractivity contribution is 7.90. The molecule has 4 N–H and O–H groups in total. The van der Waals surface area contributed by atoms with E-state index in [1.54, 1.807) is 12.1 Å². The molecule has 0 bridgehead atoms. The molecular weight excluding hydrogens is 254 g/mol. The van der Waals surface area contributed by atoms with Gasteiger partial charge in [0.15, 0.2) is 0 Å². The molecule has 0 radical (unpaired) electrons. The molecular formula is C11H17N3O3S. The van der Waals surface area contributed by atoms with E-state index in [4.69, 9.17) is 5.84 Å². The Kier molecular flexibility index (Phi) is 4.69. The Bertz CT molecular complexity index is 540. The predicted molar refractivity (Wildman–Crippen MR) is 71.0 cm³/mol. The van der Waals surface area contributed by atoms with Gasteiger partial charge < -0.3 is 10.7 Å². The van der Waals surface area contributed by atoms with Crippen molar-refractivity contribution in [1.29, 1.82) is 0 Å². The Labute approximate surface area is 106 Å². The second-order valence-electron chi connectivity index (χ2n) is 4.08. The van der Waals surface area contributed by atoms with Gasteiger partial charge in [-0.15, -0.1) is 0 Å². The van der Waals surface area contributed by atoms with Crippen LogP contribution in [0.2, 0.25) is 0 Å². The van der Waals surface area contributed by atoms with Crippen molar-refractivity contribution in [2.24, 2.45) is 5.84 Å². The maximum absolute atomic E-state index is 11.9. The zero-order valence-electron chi connectivity index (χ0n) is 10.4. The third kappa shape index (κ3) is 4.34. The third-order valence-electron chi connectivity index (χ3n) is 2.33. The maximum atomic E-state index is 11.9. The second-order valence-corrected chi connectivity index (χ2v) is 6.34. The van der Waals surface area contributed by atoms with Crippen molar-refractivity contribution >= 4 is 21.4 Å². The lowest BCUT2D eigenvalue weighted by Crippen LogP contribution is -2.29. The van der Waals surface area contributed by atoms with E-state index in [0.29, 0.717) is 11.3 Å². The topological polar surface area (TPSA) is 101 Å². The van der Waals surface area contributed by atoms with E-state index in [1.165, 1.54) is 0 Å². The number of hydrogen-bond donors (Lipinski definition) is 3. The fourth-order valence-electron chi connectivity index (χ4n) is 1.42. The van der Waals surface area contributed by atoms with E-state index in [1.807, 2.05) is 13.0 Å². The first kappa shape index (κ1) is 14.5. The number of hydrogen-bond acceptors (Lipinski definition) is 5. The molecule has 0 saturated heterocycles. The van der Waals surface area contributed by atoms with Crippen LogP contribution >= 0.6 is 0 Å². The first-order chi connectivity index (χ1) is 8.33. The summed E-state index contributed by atoms with van der Waals surface area (Å²) in [6, 6.07) is 5.20. The standard InChI is InChI=1S/C11H17N3O3S/c1-8-3-4-10(14-12)9(7-8)11(15)13-5-6-18(2,16)17/h3-4,7,14H,5-6,12H2,1-2H3,(H,13,15). The summed E-state index contributed by atoms with van der Waals surface area (Å²) in [5.41, 5.74) is 4.24. The van der Waals surface area contributed by atoms with Gasteiger partial charge in [0, 0.05) is 12.8 Å². The summed E-state index contributed by atoms with van der Waals surface area (Å²) in [5.74, 6) is 4.87. The minimum absolute atomic E-state index is 0.0790. The number of nitrogens with one attached hydrogen (secondary N) is 2. The van der Waals surface area contributed by atoms with Gasteiger partial charge in [0.05, 0.1) is 17.0 Å². The molecule has 100 valence electrons. The van der Waals surface area contributed by atoms with E-state index in [9.17, 15) is 13.2 Å². The highest BCUT2D eigenvalue weighted by Crippen LogP contribution is 2.15. The Balaban J connectivity index is 2.75. The van der Waals surface area contributed by atoms with Crippen molar-refractivity contribution in [3.63, 3.8) is 0 Å². The number of carbonyl (C=O) groups excluding carboxylic acids is 1. The molecule has 0 atom stereocenters. The summed E-state index contributed by atoms with van der Waals surface area (Å²) >= 11 is 0. The number of nitrogen functional groups attached to an aromatic ring is 1. The first-order valence-electron chi connectivity index (χ1n) is 5.36. The van der Waals surface area contributed by atoms with Crippen LogP contribution in [-0.4, -0.2) is 32.9 Å². The molecule has 0 heterocycles. The summed E-state index contributed by atoms with van der Waals surface area (Å²) in [6.45, 7) is 1.93. The number of amides is 1. The van der Waals surface area contributed by atoms with E-state index >= 15 is 0 Å². The van der Waals surface area contributed by atoms with Gasteiger partial charge in [0.25, 0.3) is 5.91 Å². The normalized spacial score (nSPS) is 11.1. The van der Waals surface area contributed by atoms with Crippen molar-refractivity contribution in [3.05, 3.63) is 29.3 Å². The lowest BCUT2D eigenvalue weighted by Gasteiger charge is -2.10. The number of anilines is 1. The fourth-order valence-corrected chi connectivity index (χ4v) is 1.89. The van der Waals surface area contributed by atoms with Crippen LogP contribution in [0.15, 0.2) is 18.2 Å². The van der Waals surface area contributed by atoms with Crippen LogP contribution in [0.4, 0.5) is 5.69 Å². The zero-order valence-corrected chi connectivity index (χ0v) is 11.2. The molecule has 1 aromatic carbocycles. The van der Waals surface area contributed by atoms with Gasteiger partial charge in [-0.3, -0.25) is 10.6 Å². The van der Waals surface area contributed by atoms with Gasteiger partial charge >= 0.3 is 0 Å². The molecule has 7 heteroatoms. The Hall–Kier alpha value is -1.60. The fraction of sp³-hybridized carbons (Fsp3) is 0.364. The van der Waals surface area contributed by atoms with Crippen LogP contribution in [0.25, 0.3) is 0 Å². The summed E-state index contributed by atoms with van der Waals surface area (Å²) in [4.78, 5) is 11.9. The molecule has 6 nitrogen and oxygen atoms in total. The van der Waals surface area contributed by atoms with E-state index in [-0.39, 0.29) is 18.2 Å². The highest BCUT2D eigenvalue weighted by Gasteiger charge is 2.11. The van der Waals surface area contributed by atoms with Crippen LogP contribution in [0, 0.1) is 6.92 Å². The van der Waals surface area contributed by atoms with E-state index < -0.39 is 9.84 Å². The second kappa shape index (κ2) is 5.83. The predicted octanol–water partition coefficient (Wildman–Crippen LogP) is 0.0550. The molecule has 0 spiro atoms. The van der Waals surface area contributed by atoms with E-state index in [2.05, 4.69) is 10.7 Å². The van der Waals surface area contributed by atoms with Crippen molar-refractivity contribution in [2.75, 3.05) is 24.0 Å². The summed E-state index contributed by atoms with van der Waals surface area (Å²) in [7, 11) is -3.08. The van der Waals surface area contributed by atoms with Gasteiger partial charge in [0.2, 0.25) is 0 Å². The van der Waals surface area contributed by atoms with Crippen molar-refractivity contribution < 1.29 is 13.2 Å². The van der Waals surface area contributed by atoms with Crippen LogP contribution in [0.3, 0.4) is 0 Å². The Morgan fingerprint density at radius 2 is 2.06 bits per heavy atom. The largest absolute Gasteiger partial charge is 0.351 e. The van der Waals surface area contributed by atoms with Crippen molar-refractivity contribution in [3.8, 4) is 0 Å². The average molecular weight is 271 g/mol. The number of hydrazine groups is 1. The average Bonchev–Trinajstić information content (AvgIpc) is 2.27. The maximum Gasteiger partial charge on any atom is 0.253 e. The number of aryl methyl sites for hydroxylation is 1. The molecule has 18 heavy (non-hydrogen) atoms. The monoisotopic (exact) mass is 271 g/mol. The Morgan fingerprint density at radius 3 is 2.61 bits per heavy atom. The van der Waals surface area contributed by atoms with Crippen LogP contribution < -0.4 is 16.6 Å². The molecule has 0 fully saturated rings. The first-order valence-corrected chi connectivity index (χ1v) is 7.43. The SMILES string of the molecule is Cc1ccc(NN)c(C(=O)NCCS(C)(=O)=O)c1. The van der Waals surface area contributed by atoms with Crippen molar-refractivity contribution in [1.82, 2.24) is 5.32 Å². The smallest absolute Gasteiger partial charge is 0.253 e. The minimum Gasteiger partial charge on any atom is -0.351 e. The zero-order chi connectivity index (χ0) is 13.8. The minimum atomic E-state index is -3.08. The van der Waals surface area contributed by atoms with Crippen LogP contribution in [-0.2, 0) is 9.84 Å². The van der Waals surface area contributed by atoms with Crippen LogP contribution in [0.5, 0.6) is 0 Å². The van der Waals surface area contributed by atoms with Gasteiger partial charge in [-0.25, -0.2) is 8.42 Å². The van der Waals surface area contributed by atoms with Crippen LogP contribution in [0.1, 0.15) is 15.9 Å².